The molecule has 0 amide bonds. The predicted molar refractivity (Wildman–Crippen MR) is 91.4 cm³/mol. The van der Waals surface area contributed by atoms with E-state index in [9.17, 15) is 0 Å². The van der Waals surface area contributed by atoms with Crippen LogP contribution in [0.4, 0.5) is 0 Å². The lowest BCUT2D eigenvalue weighted by Gasteiger charge is -2.35. The van der Waals surface area contributed by atoms with Gasteiger partial charge in [-0.25, -0.2) is 0 Å². The molecule has 1 aromatic carbocycles. The highest BCUT2D eigenvalue weighted by atomic mass is 15.1. The zero-order valence-corrected chi connectivity index (χ0v) is 14.0. The van der Waals surface area contributed by atoms with Crippen LogP contribution in [0.1, 0.15) is 57.2 Å². The fourth-order valence-electron chi connectivity index (χ4n) is 3.41. The minimum atomic E-state index is 0.149. The number of nitrogens with zero attached hydrogens (tertiary/aromatic N) is 1. The van der Waals surface area contributed by atoms with E-state index in [1.807, 2.05) is 0 Å². The summed E-state index contributed by atoms with van der Waals surface area (Å²) < 4.78 is 0. The molecule has 1 aromatic rings. The van der Waals surface area contributed by atoms with E-state index in [4.69, 9.17) is 5.73 Å². The molecule has 0 radical (unpaired) electrons. The second-order valence-corrected chi connectivity index (χ2v) is 6.98. The van der Waals surface area contributed by atoms with Gasteiger partial charge in [0.25, 0.3) is 0 Å². The summed E-state index contributed by atoms with van der Waals surface area (Å²) in [6, 6.07) is 9.07. The fraction of sp³-hybridized carbons (Fsp3) is 0.684. The Hall–Kier alpha value is -0.860. The van der Waals surface area contributed by atoms with Gasteiger partial charge in [0.2, 0.25) is 0 Å². The van der Waals surface area contributed by atoms with Crippen molar-refractivity contribution < 1.29 is 0 Å². The molecule has 0 saturated carbocycles. The number of nitrogens with two attached hydrogens (primary N) is 1. The summed E-state index contributed by atoms with van der Waals surface area (Å²) in [6.45, 7) is 10.3. The van der Waals surface area contributed by atoms with Gasteiger partial charge in [-0.3, -0.25) is 0 Å². The summed E-state index contributed by atoms with van der Waals surface area (Å²) >= 11 is 0. The van der Waals surface area contributed by atoms with Crippen molar-refractivity contribution in [3.63, 3.8) is 0 Å². The van der Waals surface area contributed by atoms with E-state index in [1.165, 1.54) is 43.5 Å². The summed E-state index contributed by atoms with van der Waals surface area (Å²) in [7, 11) is 0. The average Bonchev–Trinajstić information content (AvgIpc) is 2.49. The van der Waals surface area contributed by atoms with Crippen LogP contribution in [0, 0.1) is 11.8 Å². The number of benzene rings is 1. The van der Waals surface area contributed by atoms with Gasteiger partial charge in [0.15, 0.2) is 0 Å². The molecule has 0 aromatic heterocycles. The van der Waals surface area contributed by atoms with Crippen LogP contribution in [0.15, 0.2) is 24.3 Å². The molecule has 1 atom stereocenters. The first-order valence-electron chi connectivity index (χ1n) is 8.67. The van der Waals surface area contributed by atoms with Gasteiger partial charge in [0.1, 0.15) is 0 Å². The van der Waals surface area contributed by atoms with Gasteiger partial charge >= 0.3 is 0 Å². The van der Waals surface area contributed by atoms with Crippen molar-refractivity contribution in [1.82, 2.24) is 4.90 Å². The summed E-state index contributed by atoms with van der Waals surface area (Å²) in [5, 5.41) is 0. The minimum Gasteiger partial charge on any atom is -0.323 e. The summed E-state index contributed by atoms with van der Waals surface area (Å²) in [4.78, 5) is 2.55. The number of rotatable bonds is 6. The van der Waals surface area contributed by atoms with Crippen LogP contribution >= 0.6 is 0 Å². The van der Waals surface area contributed by atoms with Crippen LogP contribution in [0.3, 0.4) is 0 Å². The zero-order valence-electron chi connectivity index (χ0n) is 14.0. The molecule has 1 saturated heterocycles. The minimum absolute atomic E-state index is 0.149. The van der Waals surface area contributed by atoms with Crippen molar-refractivity contribution in [3.05, 3.63) is 35.4 Å². The molecule has 2 nitrogen and oxygen atoms in total. The first kappa shape index (κ1) is 16.5. The van der Waals surface area contributed by atoms with E-state index in [2.05, 4.69) is 49.9 Å². The first-order chi connectivity index (χ1) is 10.1. The number of hydrogen-bond donors (Lipinski definition) is 1. The molecular formula is C19H32N2. The van der Waals surface area contributed by atoms with Gasteiger partial charge in [-0.15, -0.1) is 0 Å². The second kappa shape index (κ2) is 7.95. The molecule has 0 bridgehead atoms. The molecule has 0 spiro atoms. The van der Waals surface area contributed by atoms with E-state index in [0.717, 1.165) is 24.8 Å². The van der Waals surface area contributed by atoms with Gasteiger partial charge in [-0.05, 0) is 55.3 Å². The van der Waals surface area contributed by atoms with Crippen molar-refractivity contribution >= 4 is 0 Å². The number of hydrogen-bond acceptors (Lipinski definition) is 2. The molecule has 2 N–H and O–H groups in total. The van der Waals surface area contributed by atoms with Gasteiger partial charge in [-0.1, -0.05) is 51.5 Å². The molecule has 1 fully saturated rings. The Morgan fingerprint density at radius 2 is 1.76 bits per heavy atom. The monoisotopic (exact) mass is 288 g/mol. The van der Waals surface area contributed by atoms with Crippen LogP contribution in [0.5, 0.6) is 0 Å². The maximum atomic E-state index is 6.40. The quantitative estimate of drug-likeness (QED) is 0.857. The van der Waals surface area contributed by atoms with Gasteiger partial charge in [-0.2, -0.15) is 0 Å². The largest absolute Gasteiger partial charge is 0.323 e. The summed E-state index contributed by atoms with van der Waals surface area (Å²) in [5.41, 5.74) is 9.10. The molecule has 118 valence electrons. The fourth-order valence-corrected chi connectivity index (χ4v) is 3.41. The van der Waals surface area contributed by atoms with Crippen molar-refractivity contribution in [2.45, 2.75) is 52.5 Å². The van der Waals surface area contributed by atoms with Crippen molar-refractivity contribution in [2.75, 3.05) is 19.6 Å². The number of likely N-dealkylation sites (tertiary alicyclic amines) is 1. The van der Waals surface area contributed by atoms with Crippen LogP contribution in [0.2, 0.25) is 0 Å². The molecule has 1 aliphatic rings. The Labute approximate surface area is 130 Å². The molecule has 1 aliphatic heterocycles. The number of piperidine rings is 1. The summed E-state index contributed by atoms with van der Waals surface area (Å²) in [5.74, 6) is 1.73. The highest BCUT2D eigenvalue weighted by molar-refractivity contribution is 5.25. The van der Waals surface area contributed by atoms with Crippen LogP contribution < -0.4 is 5.73 Å². The highest BCUT2D eigenvalue weighted by Gasteiger charge is 2.22. The van der Waals surface area contributed by atoms with E-state index in [0.29, 0.717) is 0 Å². The maximum absolute atomic E-state index is 6.40. The van der Waals surface area contributed by atoms with E-state index < -0.39 is 0 Å². The highest BCUT2D eigenvalue weighted by Crippen LogP contribution is 2.25. The van der Waals surface area contributed by atoms with Crippen LogP contribution in [-0.4, -0.2) is 24.5 Å². The van der Waals surface area contributed by atoms with Gasteiger partial charge in [0.05, 0.1) is 0 Å². The Kier molecular flexibility index (Phi) is 6.25. The standard InChI is InChI=1S/C19H32N2/c1-4-5-16-6-8-18(9-7-16)19(20)14-21-12-10-17(11-13-21)15(2)3/h6-9,15,17,19H,4-5,10-14,20H2,1-3H3. The van der Waals surface area contributed by atoms with E-state index >= 15 is 0 Å². The van der Waals surface area contributed by atoms with Gasteiger partial charge < -0.3 is 10.6 Å². The second-order valence-electron chi connectivity index (χ2n) is 6.98. The van der Waals surface area contributed by atoms with Crippen molar-refractivity contribution in [3.8, 4) is 0 Å². The topological polar surface area (TPSA) is 29.3 Å². The van der Waals surface area contributed by atoms with E-state index in [-0.39, 0.29) is 6.04 Å². The molecule has 1 heterocycles. The molecule has 2 heteroatoms. The lowest BCUT2D eigenvalue weighted by Crippen LogP contribution is -2.39. The molecular weight excluding hydrogens is 256 g/mol. The Morgan fingerprint density at radius 3 is 2.29 bits per heavy atom. The third-order valence-corrected chi connectivity index (χ3v) is 4.98. The Morgan fingerprint density at radius 1 is 1.14 bits per heavy atom. The smallest absolute Gasteiger partial charge is 0.0424 e. The summed E-state index contributed by atoms with van der Waals surface area (Å²) in [6.07, 6.45) is 5.04. The number of aryl methyl sites for hydroxylation is 1. The van der Waals surface area contributed by atoms with Crippen molar-refractivity contribution in [1.29, 1.82) is 0 Å². The maximum Gasteiger partial charge on any atom is 0.0424 e. The SMILES string of the molecule is CCCc1ccc(C(N)CN2CCC(C(C)C)CC2)cc1. The van der Waals surface area contributed by atoms with Crippen LogP contribution in [0.25, 0.3) is 0 Å². The van der Waals surface area contributed by atoms with Crippen molar-refractivity contribution in [2.24, 2.45) is 17.6 Å². The zero-order chi connectivity index (χ0) is 15.2. The van der Waals surface area contributed by atoms with Crippen LogP contribution in [-0.2, 0) is 6.42 Å². The molecule has 2 rings (SSSR count). The lowest BCUT2D eigenvalue weighted by molar-refractivity contribution is 0.151. The lowest BCUT2D eigenvalue weighted by atomic mass is 9.86. The Balaban J connectivity index is 1.83. The molecule has 1 unspecified atom stereocenters. The Bertz CT molecular complexity index is 402. The normalized spacial score (nSPS) is 19.1. The third kappa shape index (κ3) is 4.82. The first-order valence-corrected chi connectivity index (χ1v) is 8.67. The van der Waals surface area contributed by atoms with E-state index in [1.54, 1.807) is 0 Å². The molecule has 0 aliphatic carbocycles. The van der Waals surface area contributed by atoms with Gasteiger partial charge in [0, 0.05) is 12.6 Å². The average molecular weight is 288 g/mol. The third-order valence-electron chi connectivity index (χ3n) is 4.98. The molecule has 21 heavy (non-hydrogen) atoms. The predicted octanol–water partition coefficient (Wildman–Crippen LogP) is 4.01.